The van der Waals surface area contributed by atoms with E-state index in [0.29, 0.717) is 18.0 Å². The van der Waals surface area contributed by atoms with Gasteiger partial charge in [-0.15, -0.1) is 0 Å². The lowest BCUT2D eigenvalue weighted by Gasteiger charge is -2.31. The maximum atomic E-state index is 13.7. The van der Waals surface area contributed by atoms with Crippen LogP contribution in [-0.2, 0) is 11.3 Å². The number of benzene rings is 1. The van der Waals surface area contributed by atoms with Crippen LogP contribution < -0.4 is 10.6 Å². The van der Waals surface area contributed by atoms with E-state index in [-0.39, 0.29) is 18.3 Å². The topological polar surface area (TPSA) is 70.2 Å². The van der Waals surface area contributed by atoms with Gasteiger partial charge in [-0.1, -0.05) is 30.3 Å². The van der Waals surface area contributed by atoms with E-state index in [1.165, 1.54) is 6.07 Å². The number of nitrogens with zero attached hydrogens (tertiary/aromatic N) is 3. The van der Waals surface area contributed by atoms with Crippen molar-refractivity contribution >= 4 is 17.5 Å². The summed E-state index contributed by atoms with van der Waals surface area (Å²) < 4.78 is 13.7. The van der Waals surface area contributed by atoms with E-state index in [2.05, 4.69) is 26.6 Å². The molecule has 3 heterocycles. The molecule has 0 spiro atoms. The van der Waals surface area contributed by atoms with Crippen LogP contribution in [-0.4, -0.2) is 40.4 Å². The normalized spacial score (nSPS) is 14.9. The molecule has 3 aromatic rings. The van der Waals surface area contributed by atoms with Crippen LogP contribution in [0.15, 0.2) is 66.9 Å². The molecule has 7 heteroatoms. The standard InChI is InChI=1S/C24H26FN5O/c25-20-7-2-1-6-19(20)16-27-24(31)17-30-14-11-18(12-15-30)21-8-5-10-23(28-21)29-22-9-3-4-13-26-22/h1-10,13,18H,11-12,14-17H2,(H,27,31)(H,26,28,29). The van der Waals surface area contributed by atoms with Crippen molar-refractivity contribution in [1.29, 1.82) is 0 Å². The number of hydrogen-bond donors (Lipinski definition) is 2. The molecule has 0 saturated carbocycles. The molecule has 6 nitrogen and oxygen atoms in total. The van der Waals surface area contributed by atoms with Crippen LogP contribution in [0.1, 0.15) is 30.0 Å². The minimum absolute atomic E-state index is 0.0820. The Labute approximate surface area is 181 Å². The maximum absolute atomic E-state index is 13.7. The number of hydrogen-bond acceptors (Lipinski definition) is 5. The number of pyridine rings is 2. The van der Waals surface area contributed by atoms with Crippen molar-refractivity contribution < 1.29 is 9.18 Å². The van der Waals surface area contributed by atoms with Crippen LogP contribution in [0, 0.1) is 5.82 Å². The summed E-state index contributed by atoms with van der Waals surface area (Å²) in [5, 5.41) is 6.05. The summed E-state index contributed by atoms with van der Waals surface area (Å²) in [6.45, 7) is 2.20. The molecule has 1 aromatic carbocycles. The summed E-state index contributed by atoms with van der Waals surface area (Å²) in [5.41, 5.74) is 1.56. The van der Waals surface area contributed by atoms with Crippen LogP contribution in [0.5, 0.6) is 0 Å². The fourth-order valence-corrected chi connectivity index (χ4v) is 3.80. The number of likely N-dealkylation sites (tertiary alicyclic amines) is 1. The van der Waals surface area contributed by atoms with Gasteiger partial charge in [0.05, 0.1) is 6.54 Å². The zero-order valence-corrected chi connectivity index (χ0v) is 17.3. The van der Waals surface area contributed by atoms with Crippen molar-refractivity contribution in [1.82, 2.24) is 20.2 Å². The average molecular weight is 420 g/mol. The van der Waals surface area contributed by atoms with Gasteiger partial charge in [0, 0.05) is 29.9 Å². The Hall–Kier alpha value is -3.32. The van der Waals surface area contributed by atoms with E-state index in [4.69, 9.17) is 4.98 Å². The molecule has 1 saturated heterocycles. The molecule has 1 amide bonds. The highest BCUT2D eigenvalue weighted by Gasteiger charge is 2.23. The Morgan fingerprint density at radius 2 is 1.77 bits per heavy atom. The lowest BCUT2D eigenvalue weighted by Crippen LogP contribution is -2.41. The van der Waals surface area contributed by atoms with E-state index in [1.807, 2.05) is 30.3 Å². The van der Waals surface area contributed by atoms with Gasteiger partial charge in [-0.25, -0.2) is 14.4 Å². The summed E-state index contributed by atoms with van der Waals surface area (Å²) in [6, 6.07) is 18.2. The zero-order chi connectivity index (χ0) is 21.5. The fourth-order valence-electron chi connectivity index (χ4n) is 3.80. The summed E-state index contributed by atoms with van der Waals surface area (Å²) in [4.78, 5) is 23.4. The first-order chi connectivity index (χ1) is 15.2. The van der Waals surface area contributed by atoms with E-state index < -0.39 is 0 Å². The third-order valence-electron chi connectivity index (χ3n) is 5.50. The fraction of sp³-hybridized carbons (Fsp3) is 0.292. The molecule has 31 heavy (non-hydrogen) atoms. The van der Waals surface area contributed by atoms with Gasteiger partial charge in [0.25, 0.3) is 0 Å². The number of anilines is 2. The first-order valence-electron chi connectivity index (χ1n) is 10.5. The SMILES string of the molecule is O=C(CN1CCC(c2cccc(Nc3ccccn3)n2)CC1)NCc1ccccc1F. The highest BCUT2D eigenvalue weighted by atomic mass is 19.1. The number of nitrogens with one attached hydrogen (secondary N) is 2. The number of aromatic nitrogens is 2. The molecule has 0 atom stereocenters. The van der Waals surface area contributed by atoms with Crippen molar-refractivity contribution in [2.24, 2.45) is 0 Å². The Morgan fingerprint density at radius 1 is 1.00 bits per heavy atom. The minimum atomic E-state index is -0.295. The van der Waals surface area contributed by atoms with Crippen molar-refractivity contribution in [3.05, 3.63) is 83.9 Å². The number of carbonyl (C=O) groups is 1. The third kappa shape index (κ3) is 5.86. The molecule has 0 radical (unpaired) electrons. The minimum Gasteiger partial charge on any atom is -0.351 e. The maximum Gasteiger partial charge on any atom is 0.234 e. The smallest absolute Gasteiger partial charge is 0.234 e. The second-order valence-electron chi connectivity index (χ2n) is 7.71. The van der Waals surface area contributed by atoms with E-state index >= 15 is 0 Å². The molecule has 1 aliphatic rings. The lowest BCUT2D eigenvalue weighted by atomic mass is 9.93. The van der Waals surface area contributed by atoms with Gasteiger partial charge in [0.2, 0.25) is 5.91 Å². The zero-order valence-electron chi connectivity index (χ0n) is 17.3. The number of carbonyl (C=O) groups excluding carboxylic acids is 1. The van der Waals surface area contributed by atoms with Gasteiger partial charge in [-0.2, -0.15) is 0 Å². The van der Waals surface area contributed by atoms with Crippen LogP contribution in [0.25, 0.3) is 0 Å². The Bertz CT molecular complexity index is 1010. The largest absolute Gasteiger partial charge is 0.351 e. The van der Waals surface area contributed by atoms with Gasteiger partial charge in [-0.05, 0) is 56.3 Å². The molecule has 0 unspecified atom stereocenters. The quantitative estimate of drug-likeness (QED) is 0.609. The Morgan fingerprint density at radius 3 is 2.55 bits per heavy atom. The predicted octanol–water partition coefficient (Wildman–Crippen LogP) is 3.86. The van der Waals surface area contributed by atoms with Gasteiger partial charge < -0.3 is 10.6 Å². The second kappa shape index (κ2) is 10.1. The van der Waals surface area contributed by atoms with Crippen molar-refractivity contribution in [3.8, 4) is 0 Å². The molecule has 1 aliphatic heterocycles. The molecule has 1 fully saturated rings. The average Bonchev–Trinajstić information content (AvgIpc) is 2.80. The van der Waals surface area contributed by atoms with Crippen molar-refractivity contribution in [2.75, 3.05) is 25.0 Å². The molecule has 0 aliphatic carbocycles. The first-order valence-corrected chi connectivity index (χ1v) is 10.5. The first kappa shape index (κ1) is 20.9. The summed E-state index contributed by atoms with van der Waals surface area (Å²) >= 11 is 0. The Balaban J connectivity index is 1.25. The van der Waals surface area contributed by atoms with Crippen LogP contribution in [0.4, 0.5) is 16.0 Å². The van der Waals surface area contributed by atoms with Gasteiger partial charge >= 0.3 is 0 Å². The van der Waals surface area contributed by atoms with Crippen LogP contribution in [0.2, 0.25) is 0 Å². The summed E-state index contributed by atoms with van der Waals surface area (Å²) in [6.07, 6.45) is 3.63. The summed E-state index contributed by atoms with van der Waals surface area (Å²) in [7, 11) is 0. The summed E-state index contributed by atoms with van der Waals surface area (Å²) in [5.74, 6) is 1.54. The number of piperidine rings is 1. The van der Waals surface area contributed by atoms with Crippen LogP contribution >= 0.6 is 0 Å². The van der Waals surface area contributed by atoms with E-state index in [1.54, 1.807) is 24.4 Å². The van der Waals surface area contributed by atoms with Crippen molar-refractivity contribution in [3.63, 3.8) is 0 Å². The highest BCUT2D eigenvalue weighted by molar-refractivity contribution is 5.78. The lowest BCUT2D eigenvalue weighted by molar-refractivity contribution is -0.122. The molecule has 2 aromatic heterocycles. The monoisotopic (exact) mass is 419 g/mol. The molecule has 160 valence electrons. The second-order valence-corrected chi connectivity index (χ2v) is 7.71. The number of rotatable bonds is 7. The highest BCUT2D eigenvalue weighted by Crippen LogP contribution is 2.27. The molecular formula is C24H26FN5O. The van der Waals surface area contributed by atoms with Gasteiger partial charge in [0.15, 0.2) is 0 Å². The number of halogens is 1. The van der Waals surface area contributed by atoms with Gasteiger partial charge in [-0.3, -0.25) is 9.69 Å². The molecule has 4 rings (SSSR count). The van der Waals surface area contributed by atoms with Gasteiger partial charge in [0.1, 0.15) is 17.5 Å². The molecular weight excluding hydrogens is 393 g/mol. The third-order valence-corrected chi connectivity index (χ3v) is 5.50. The van der Waals surface area contributed by atoms with E-state index in [0.717, 1.165) is 43.3 Å². The van der Waals surface area contributed by atoms with Crippen molar-refractivity contribution in [2.45, 2.75) is 25.3 Å². The molecule has 0 bridgehead atoms. The molecule has 2 N–H and O–H groups in total. The van der Waals surface area contributed by atoms with E-state index in [9.17, 15) is 9.18 Å². The Kier molecular flexibility index (Phi) is 6.84. The van der Waals surface area contributed by atoms with Crippen LogP contribution in [0.3, 0.4) is 0 Å². The number of amides is 1. The predicted molar refractivity (Wildman–Crippen MR) is 118 cm³/mol.